The molecule has 0 aliphatic carbocycles. The Balaban J connectivity index is 2.33. The third-order valence-corrected chi connectivity index (χ3v) is 3.21. The van der Waals surface area contributed by atoms with E-state index < -0.39 is 0 Å². The number of nitrogens with one attached hydrogen (secondary N) is 1. The van der Waals surface area contributed by atoms with Gasteiger partial charge in [0.1, 0.15) is 0 Å². The summed E-state index contributed by atoms with van der Waals surface area (Å²) in [5.41, 5.74) is 5.15. The second kappa shape index (κ2) is 5.87. The van der Waals surface area contributed by atoms with Crippen molar-refractivity contribution in [3.8, 4) is 0 Å². The van der Waals surface area contributed by atoms with Crippen LogP contribution in [0.1, 0.15) is 41.6 Å². The van der Waals surface area contributed by atoms with Crippen molar-refractivity contribution in [2.45, 2.75) is 33.2 Å². The van der Waals surface area contributed by atoms with Crippen LogP contribution in [0.25, 0.3) is 0 Å². The molecular formula is C16H21NO. The van der Waals surface area contributed by atoms with E-state index in [1.807, 2.05) is 12.3 Å². The fourth-order valence-electron chi connectivity index (χ4n) is 2.28. The molecule has 1 aromatic carbocycles. The second-order valence-electron chi connectivity index (χ2n) is 4.80. The smallest absolute Gasteiger partial charge is 0.0953 e. The molecule has 0 bridgehead atoms. The first kappa shape index (κ1) is 12.9. The molecule has 0 radical (unpaired) electrons. The normalized spacial score (nSPS) is 12.6. The Hall–Kier alpha value is -1.54. The fraction of sp³-hybridized carbons (Fsp3) is 0.375. The number of hydrogen-bond donors (Lipinski definition) is 1. The van der Waals surface area contributed by atoms with Crippen molar-refractivity contribution >= 4 is 0 Å². The van der Waals surface area contributed by atoms with Gasteiger partial charge in [0, 0.05) is 5.56 Å². The van der Waals surface area contributed by atoms with Crippen LogP contribution in [0.15, 0.2) is 41.2 Å². The zero-order valence-electron chi connectivity index (χ0n) is 11.4. The van der Waals surface area contributed by atoms with Gasteiger partial charge in [-0.2, -0.15) is 0 Å². The summed E-state index contributed by atoms with van der Waals surface area (Å²) in [6.45, 7) is 7.48. The van der Waals surface area contributed by atoms with E-state index in [4.69, 9.17) is 4.42 Å². The van der Waals surface area contributed by atoms with Gasteiger partial charge in [-0.05, 0) is 44.0 Å². The van der Waals surface area contributed by atoms with Gasteiger partial charge in [0.15, 0.2) is 0 Å². The van der Waals surface area contributed by atoms with Gasteiger partial charge in [-0.1, -0.05) is 30.7 Å². The Labute approximate surface area is 109 Å². The van der Waals surface area contributed by atoms with E-state index in [-0.39, 0.29) is 6.04 Å². The SMILES string of the molecule is CCCNC(c1ccoc1)c1ccc(C)cc1C. The maximum atomic E-state index is 5.22. The van der Waals surface area contributed by atoms with Gasteiger partial charge in [-0.3, -0.25) is 0 Å². The molecule has 2 aromatic rings. The highest BCUT2D eigenvalue weighted by atomic mass is 16.3. The van der Waals surface area contributed by atoms with Crippen LogP contribution in [0.4, 0.5) is 0 Å². The molecule has 2 nitrogen and oxygen atoms in total. The van der Waals surface area contributed by atoms with Gasteiger partial charge >= 0.3 is 0 Å². The summed E-state index contributed by atoms with van der Waals surface area (Å²) in [5.74, 6) is 0. The predicted octanol–water partition coefficient (Wildman–Crippen LogP) is 3.99. The van der Waals surface area contributed by atoms with Gasteiger partial charge in [0.05, 0.1) is 18.6 Å². The Morgan fingerprint density at radius 2 is 2.06 bits per heavy atom. The van der Waals surface area contributed by atoms with Crippen molar-refractivity contribution in [2.75, 3.05) is 6.54 Å². The van der Waals surface area contributed by atoms with E-state index in [1.165, 1.54) is 22.3 Å². The molecule has 1 unspecified atom stereocenters. The summed E-state index contributed by atoms with van der Waals surface area (Å²) in [4.78, 5) is 0. The first-order valence-corrected chi connectivity index (χ1v) is 6.55. The number of benzene rings is 1. The van der Waals surface area contributed by atoms with Crippen molar-refractivity contribution in [3.05, 3.63) is 59.0 Å². The van der Waals surface area contributed by atoms with Crippen molar-refractivity contribution in [1.82, 2.24) is 5.32 Å². The fourth-order valence-corrected chi connectivity index (χ4v) is 2.28. The standard InChI is InChI=1S/C16H21NO/c1-4-8-17-16(14-7-9-18-11-14)15-6-5-12(2)10-13(15)3/h5-7,9-11,16-17H,4,8H2,1-3H3. The zero-order valence-corrected chi connectivity index (χ0v) is 11.4. The Morgan fingerprint density at radius 1 is 1.22 bits per heavy atom. The molecule has 1 N–H and O–H groups in total. The van der Waals surface area contributed by atoms with E-state index in [9.17, 15) is 0 Å². The minimum Gasteiger partial charge on any atom is -0.472 e. The van der Waals surface area contributed by atoms with Crippen molar-refractivity contribution in [3.63, 3.8) is 0 Å². The van der Waals surface area contributed by atoms with Crippen LogP contribution in [-0.4, -0.2) is 6.54 Å². The minimum atomic E-state index is 0.226. The van der Waals surface area contributed by atoms with E-state index in [0.717, 1.165) is 13.0 Å². The lowest BCUT2D eigenvalue weighted by Gasteiger charge is -2.20. The number of hydrogen-bond acceptors (Lipinski definition) is 2. The van der Waals surface area contributed by atoms with Crippen LogP contribution in [0.2, 0.25) is 0 Å². The molecule has 2 rings (SSSR count). The molecule has 1 aromatic heterocycles. The summed E-state index contributed by atoms with van der Waals surface area (Å²) in [5, 5.41) is 3.59. The Bertz CT molecular complexity index is 488. The highest BCUT2D eigenvalue weighted by Crippen LogP contribution is 2.25. The summed E-state index contributed by atoms with van der Waals surface area (Å²) >= 11 is 0. The van der Waals surface area contributed by atoms with Gasteiger partial charge in [-0.25, -0.2) is 0 Å². The van der Waals surface area contributed by atoms with Gasteiger partial charge < -0.3 is 9.73 Å². The van der Waals surface area contributed by atoms with Gasteiger partial charge in [0.2, 0.25) is 0 Å². The molecule has 0 fully saturated rings. The molecule has 2 heteroatoms. The molecule has 18 heavy (non-hydrogen) atoms. The average molecular weight is 243 g/mol. The molecular weight excluding hydrogens is 222 g/mol. The number of furan rings is 1. The summed E-state index contributed by atoms with van der Waals surface area (Å²) in [6, 6.07) is 8.88. The van der Waals surface area contributed by atoms with E-state index in [0.29, 0.717) is 0 Å². The molecule has 0 amide bonds. The van der Waals surface area contributed by atoms with Gasteiger partial charge in [-0.15, -0.1) is 0 Å². The van der Waals surface area contributed by atoms with Gasteiger partial charge in [0.25, 0.3) is 0 Å². The van der Waals surface area contributed by atoms with E-state index in [2.05, 4.69) is 44.3 Å². The predicted molar refractivity (Wildman–Crippen MR) is 74.8 cm³/mol. The zero-order chi connectivity index (χ0) is 13.0. The molecule has 0 saturated carbocycles. The van der Waals surface area contributed by atoms with Crippen LogP contribution in [0.3, 0.4) is 0 Å². The Kier molecular flexibility index (Phi) is 4.21. The Morgan fingerprint density at radius 3 is 2.67 bits per heavy atom. The van der Waals surface area contributed by atoms with Crippen molar-refractivity contribution < 1.29 is 4.42 Å². The average Bonchev–Trinajstić information content (AvgIpc) is 2.85. The highest BCUT2D eigenvalue weighted by molar-refractivity contribution is 5.37. The molecule has 0 aliphatic heterocycles. The van der Waals surface area contributed by atoms with Crippen LogP contribution >= 0.6 is 0 Å². The van der Waals surface area contributed by atoms with E-state index in [1.54, 1.807) is 6.26 Å². The van der Waals surface area contributed by atoms with Crippen LogP contribution < -0.4 is 5.32 Å². The molecule has 1 heterocycles. The third-order valence-electron chi connectivity index (χ3n) is 3.21. The lowest BCUT2D eigenvalue weighted by Crippen LogP contribution is -2.23. The molecule has 96 valence electrons. The van der Waals surface area contributed by atoms with Crippen LogP contribution in [0, 0.1) is 13.8 Å². The number of rotatable bonds is 5. The topological polar surface area (TPSA) is 25.2 Å². The molecule has 0 spiro atoms. The number of aryl methyl sites for hydroxylation is 2. The molecule has 0 aliphatic rings. The van der Waals surface area contributed by atoms with E-state index >= 15 is 0 Å². The largest absolute Gasteiger partial charge is 0.472 e. The third kappa shape index (κ3) is 2.82. The minimum absolute atomic E-state index is 0.226. The highest BCUT2D eigenvalue weighted by Gasteiger charge is 2.16. The second-order valence-corrected chi connectivity index (χ2v) is 4.80. The maximum absolute atomic E-state index is 5.22. The van der Waals surface area contributed by atoms with Crippen LogP contribution in [-0.2, 0) is 0 Å². The first-order valence-electron chi connectivity index (χ1n) is 6.55. The summed E-state index contributed by atoms with van der Waals surface area (Å²) in [7, 11) is 0. The van der Waals surface area contributed by atoms with Crippen molar-refractivity contribution in [1.29, 1.82) is 0 Å². The van der Waals surface area contributed by atoms with Crippen molar-refractivity contribution in [2.24, 2.45) is 0 Å². The molecule has 0 saturated heterocycles. The maximum Gasteiger partial charge on any atom is 0.0953 e. The monoisotopic (exact) mass is 243 g/mol. The first-order chi connectivity index (χ1) is 8.72. The van der Waals surface area contributed by atoms with Crippen LogP contribution in [0.5, 0.6) is 0 Å². The quantitative estimate of drug-likeness (QED) is 0.859. The summed E-state index contributed by atoms with van der Waals surface area (Å²) < 4.78 is 5.22. The summed E-state index contributed by atoms with van der Waals surface area (Å²) in [6.07, 6.45) is 4.69. The lowest BCUT2D eigenvalue weighted by atomic mass is 9.95. The molecule has 1 atom stereocenters. The lowest BCUT2D eigenvalue weighted by molar-refractivity contribution is 0.547.